The van der Waals surface area contributed by atoms with Crippen molar-refractivity contribution in [2.75, 3.05) is 5.32 Å². The highest BCUT2D eigenvalue weighted by Crippen LogP contribution is 2.35. The summed E-state index contributed by atoms with van der Waals surface area (Å²) in [4.78, 5) is 16.0. The average molecular weight is 289 g/mol. The van der Waals surface area contributed by atoms with Crippen molar-refractivity contribution < 1.29 is 4.79 Å². The number of pyridine rings is 1. The first kappa shape index (κ1) is 13.1. The zero-order valence-corrected chi connectivity index (χ0v) is 11.3. The first-order valence-electron chi connectivity index (χ1n) is 6.16. The smallest absolute Gasteiger partial charge is 0.247 e. The highest BCUT2D eigenvalue weighted by Gasteiger charge is 2.34. The number of nitrogens with one attached hydrogen (secondary N) is 1. The number of hydrogen-bond acceptors (Lipinski definition) is 4. The number of fused-ring (bicyclic) bond motifs is 1. The van der Waals surface area contributed by atoms with Gasteiger partial charge in [0, 0.05) is 35.2 Å². The van der Waals surface area contributed by atoms with Crippen LogP contribution >= 0.6 is 11.6 Å². The molecule has 0 fully saturated rings. The van der Waals surface area contributed by atoms with Gasteiger partial charge in [-0.1, -0.05) is 11.6 Å². The van der Waals surface area contributed by atoms with Crippen LogP contribution in [-0.4, -0.2) is 15.9 Å². The van der Waals surface area contributed by atoms with Crippen molar-refractivity contribution in [1.82, 2.24) is 9.99 Å². The summed E-state index contributed by atoms with van der Waals surface area (Å²) in [5, 5.41) is 4.90. The number of benzene rings is 1. The molecular formula is C14H13ClN4O. The van der Waals surface area contributed by atoms with Gasteiger partial charge in [0.2, 0.25) is 5.91 Å². The van der Waals surface area contributed by atoms with Gasteiger partial charge in [0.25, 0.3) is 0 Å². The zero-order chi connectivity index (χ0) is 14.1. The topological polar surface area (TPSA) is 71.2 Å². The molecule has 0 radical (unpaired) electrons. The van der Waals surface area contributed by atoms with E-state index >= 15 is 0 Å². The van der Waals surface area contributed by atoms with Crippen molar-refractivity contribution in [2.24, 2.45) is 5.84 Å². The number of nitrogens with two attached hydrogens (primary N) is 1. The third-order valence-electron chi connectivity index (χ3n) is 3.26. The van der Waals surface area contributed by atoms with Gasteiger partial charge < -0.3 is 5.32 Å². The van der Waals surface area contributed by atoms with E-state index in [1.165, 1.54) is 5.01 Å². The molecule has 1 atom stereocenters. The monoisotopic (exact) mass is 288 g/mol. The first-order valence-corrected chi connectivity index (χ1v) is 6.53. The Kier molecular flexibility index (Phi) is 3.40. The van der Waals surface area contributed by atoms with E-state index in [9.17, 15) is 4.79 Å². The van der Waals surface area contributed by atoms with E-state index in [-0.39, 0.29) is 5.91 Å². The number of hydrogen-bond donors (Lipinski definition) is 2. The summed E-state index contributed by atoms with van der Waals surface area (Å²) in [6.07, 6.45) is 3.39. The van der Waals surface area contributed by atoms with E-state index < -0.39 is 6.04 Å². The number of amides is 1. The third-order valence-corrected chi connectivity index (χ3v) is 3.50. The summed E-state index contributed by atoms with van der Waals surface area (Å²) in [6, 6.07) is 8.50. The van der Waals surface area contributed by atoms with Gasteiger partial charge in [-0.3, -0.25) is 15.6 Å². The Labute approximate surface area is 121 Å². The number of anilines is 1. The summed E-state index contributed by atoms with van der Waals surface area (Å²) in [7, 11) is 0. The second-order valence-corrected chi connectivity index (χ2v) is 5.09. The molecule has 0 aliphatic carbocycles. The summed E-state index contributed by atoms with van der Waals surface area (Å²) in [6.45, 7) is 0.451. The summed E-state index contributed by atoms with van der Waals surface area (Å²) >= 11 is 5.99. The standard InChI is InChI=1S/C14H13ClN4O/c15-10-1-2-12-11(7-10)13(14(20)18-12)19(16)8-9-3-5-17-6-4-9/h1-7,13H,8,16H2,(H,18,20). The summed E-state index contributed by atoms with van der Waals surface area (Å²) < 4.78 is 0. The van der Waals surface area contributed by atoms with Crippen LogP contribution in [0.1, 0.15) is 17.2 Å². The molecule has 6 heteroatoms. The number of nitrogens with zero attached hydrogens (tertiary/aromatic N) is 2. The molecule has 1 aromatic heterocycles. The number of rotatable bonds is 3. The number of hydrazine groups is 1. The zero-order valence-electron chi connectivity index (χ0n) is 10.6. The van der Waals surface area contributed by atoms with Crippen LogP contribution in [0.5, 0.6) is 0 Å². The fourth-order valence-electron chi connectivity index (χ4n) is 2.34. The van der Waals surface area contributed by atoms with Crippen molar-refractivity contribution in [2.45, 2.75) is 12.6 Å². The number of carbonyl (C=O) groups excluding carboxylic acids is 1. The Morgan fingerprint density at radius 2 is 2.05 bits per heavy atom. The first-order chi connectivity index (χ1) is 9.65. The normalized spacial score (nSPS) is 17.1. The lowest BCUT2D eigenvalue weighted by molar-refractivity contribution is -0.121. The Morgan fingerprint density at radius 1 is 1.30 bits per heavy atom. The van der Waals surface area contributed by atoms with Crippen molar-refractivity contribution in [3.63, 3.8) is 0 Å². The second-order valence-electron chi connectivity index (χ2n) is 4.65. The SMILES string of the molecule is NN(Cc1ccncc1)C1C(=O)Nc2ccc(Cl)cc21. The minimum Gasteiger partial charge on any atom is -0.324 e. The van der Waals surface area contributed by atoms with Crippen molar-refractivity contribution in [3.8, 4) is 0 Å². The lowest BCUT2D eigenvalue weighted by Gasteiger charge is -2.22. The van der Waals surface area contributed by atoms with Crippen LogP contribution in [0.3, 0.4) is 0 Å². The minimum absolute atomic E-state index is 0.140. The molecule has 102 valence electrons. The van der Waals surface area contributed by atoms with E-state index in [0.29, 0.717) is 11.6 Å². The lowest BCUT2D eigenvalue weighted by Crippen LogP contribution is -2.38. The van der Waals surface area contributed by atoms with Crippen molar-refractivity contribution in [1.29, 1.82) is 0 Å². The van der Waals surface area contributed by atoms with E-state index in [1.54, 1.807) is 30.6 Å². The van der Waals surface area contributed by atoms with Gasteiger partial charge >= 0.3 is 0 Å². The molecule has 3 rings (SSSR count). The van der Waals surface area contributed by atoms with Crippen LogP contribution in [0.15, 0.2) is 42.7 Å². The van der Waals surface area contributed by atoms with Crippen LogP contribution in [0.25, 0.3) is 0 Å². The number of halogens is 1. The molecule has 0 saturated carbocycles. The molecule has 1 aromatic carbocycles. The van der Waals surface area contributed by atoms with Gasteiger partial charge in [-0.05, 0) is 35.9 Å². The molecule has 0 saturated heterocycles. The Morgan fingerprint density at radius 3 is 2.80 bits per heavy atom. The number of aromatic nitrogens is 1. The number of carbonyl (C=O) groups is 1. The van der Waals surface area contributed by atoms with Gasteiger partial charge in [0.05, 0.1) is 0 Å². The van der Waals surface area contributed by atoms with Gasteiger partial charge in [0.15, 0.2) is 0 Å². The predicted octanol–water partition coefficient (Wildman–Crippen LogP) is 2.10. The summed E-state index contributed by atoms with van der Waals surface area (Å²) in [5.74, 6) is 5.94. The van der Waals surface area contributed by atoms with Crippen molar-refractivity contribution in [3.05, 3.63) is 58.9 Å². The second kappa shape index (κ2) is 5.20. The fourth-order valence-corrected chi connectivity index (χ4v) is 2.52. The Hall–Kier alpha value is -1.95. The van der Waals surface area contributed by atoms with Crippen LogP contribution in [-0.2, 0) is 11.3 Å². The molecule has 1 aliphatic rings. The van der Waals surface area contributed by atoms with E-state index in [4.69, 9.17) is 17.4 Å². The lowest BCUT2D eigenvalue weighted by atomic mass is 10.1. The van der Waals surface area contributed by atoms with Crippen LogP contribution in [0, 0.1) is 0 Å². The van der Waals surface area contributed by atoms with E-state index in [2.05, 4.69) is 10.3 Å². The molecule has 1 aliphatic heterocycles. The highest BCUT2D eigenvalue weighted by molar-refractivity contribution is 6.31. The molecule has 0 bridgehead atoms. The van der Waals surface area contributed by atoms with Gasteiger partial charge in [0.1, 0.15) is 6.04 Å². The predicted molar refractivity (Wildman–Crippen MR) is 76.8 cm³/mol. The molecule has 5 nitrogen and oxygen atoms in total. The van der Waals surface area contributed by atoms with Gasteiger partial charge in [-0.25, -0.2) is 5.01 Å². The molecule has 1 unspecified atom stereocenters. The largest absolute Gasteiger partial charge is 0.324 e. The maximum Gasteiger partial charge on any atom is 0.247 e. The van der Waals surface area contributed by atoms with Crippen molar-refractivity contribution >= 4 is 23.2 Å². The van der Waals surface area contributed by atoms with Crippen LogP contribution < -0.4 is 11.2 Å². The van der Waals surface area contributed by atoms with Crippen LogP contribution in [0.4, 0.5) is 5.69 Å². The Bertz CT molecular complexity index is 647. The van der Waals surface area contributed by atoms with E-state index in [0.717, 1.165) is 16.8 Å². The molecule has 20 heavy (non-hydrogen) atoms. The quantitative estimate of drug-likeness (QED) is 0.670. The summed E-state index contributed by atoms with van der Waals surface area (Å²) in [5.41, 5.74) is 2.56. The molecule has 1 amide bonds. The van der Waals surface area contributed by atoms with Gasteiger partial charge in [-0.15, -0.1) is 0 Å². The van der Waals surface area contributed by atoms with E-state index in [1.807, 2.05) is 12.1 Å². The molecule has 0 spiro atoms. The fraction of sp³-hybridized carbons (Fsp3) is 0.143. The van der Waals surface area contributed by atoms with Gasteiger partial charge in [-0.2, -0.15) is 0 Å². The molecule has 2 heterocycles. The third kappa shape index (κ3) is 2.38. The maximum atomic E-state index is 12.1. The molecular weight excluding hydrogens is 276 g/mol. The Balaban J connectivity index is 1.87. The van der Waals surface area contributed by atoms with Crippen LogP contribution in [0.2, 0.25) is 5.02 Å². The average Bonchev–Trinajstić information content (AvgIpc) is 2.75. The molecule has 3 N–H and O–H groups in total. The highest BCUT2D eigenvalue weighted by atomic mass is 35.5. The molecule has 2 aromatic rings. The maximum absolute atomic E-state index is 12.1. The minimum atomic E-state index is -0.531.